The lowest BCUT2D eigenvalue weighted by Gasteiger charge is -2.16. The fourth-order valence-corrected chi connectivity index (χ4v) is 3.35. The average molecular weight is 366 g/mol. The van der Waals surface area contributed by atoms with Gasteiger partial charge in [-0.25, -0.2) is 19.9 Å². The Bertz CT molecular complexity index is 1260. The number of hydrogen-bond donors (Lipinski definition) is 1. The van der Waals surface area contributed by atoms with Gasteiger partial charge < -0.3 is 5.32 Å². The molecule has 0 aliphatic rings. The van der Waals surface area contributed by atoms with Crippen molar-refractivity contribution in [3.63, 3.8) is 0 Å². The van der Waals surface area contributed by atoms with E-state index in [0.717, 1.165) is 33.5 Å². The van der Waals surface area contributed by atoms with Gasteiger partial charge in [0.2, 0.25) is 0 Å². The van der Waals surface area contributed by atoms with Gasteiger partial charge in [0.1, 0.15) is 18.5 Å². The van der Waals surface area contributed by atoms with Crippen molar-refractivity contribution in [2.24, 2.45) is 0 Å². The zero-order valence-electron chi connectivity index (χ0n) is 15.3. The van der Waals surface area contributed by atoms with E-state index < -0.39 is 0 Å². The van der Waals surface area contributed by atoms with Gasteiger partial charge in [-0.3, -0.25) is 4.40 Å². The lowest BCUT2D eigenvalue weighted by molar-refractivity contribution is 0.876. The Kier molecular flexibility index (Phi) is 3.94. The van der Waals surface area contributed by atoms with Gasteiger partial charge >= 0.3 is 0 Å². The lowest BCUT2D eigenvalue weighted by atomic mass is 10.1. The number of hydrogen-bond acceptors (Lipinski definition) is 5. The number of anilines is 1. The van der Waals surface area contributed by atoms with E-state index in [-0.39, 0.29) is 6.04 Å². The van der Waals surface area contributed by atoms with Crippen molar-refractivity contribution in [3.8, 4) is 11.1 Å². The third-order valence-corrected chi connectivity index (χ3v) is 4.88. The van der Waals surface area contributed by atoms with Crippen molar-refractivity contribution < 1.29 is 0 Å². The second-order valence-electron chi connectivity index (χ2n) is 6.73. The molecule has 0 saturated carbocycles. The molecule has 0 amide bonds. The van der Waals surface area contributed by atoms with Gasteiger partial charge in [0.25, 0.3) is 0 Å². The van der Waals surface area contributed by atoms with Crippen molar-refractivity contribution in [3.05, 3.63) is 85.3 Å². The molecule has 1 atom stereocenters. The number of nitrogens with one attached hydrogen (secondary N) is 1. The van der Waals surface area contributed by atoms with Crippen LogP contribution in [-0.4, -0.2) is 24.3 Å². The van der Waals surface area contributed by atoms with Crippen LogP contribution in [0, 0.1) is 0 Å². The second-order valence-corrected chi connectivity index (χ2v) is 6.73. The predicted octanol–water partition coefficient (Wildman–Crippen LogP) is 4.51. The van der Waals surface area contributed by atoms with Gasteiger partial charge in [0.05, 0.1) is 11.7 Å². The Balaban J connectivity index is 1.56. The summed E-state index contributed by atoms with van der Waals surface area (Å²) in [5, 5.41) is 4.50. The molecular weight excluding hydrogens is 348 g/mol. The summed E-state index contributed by atoms with van der Waals surface area (Å²) in [6, 6.07) is 16.6. The summed E-state index contributed by atoms with van der Waals surface area (Å²) in [7, 11) is 0. The summed E-state index contributed by atoms with van der Waals surface area (Å²) in [6.45, 7) is 2.13. The van der Waals surface area contributed by atoms with E-state index >= 15 is 0 Å². The molecule has 3 aromatic heterocycles. The predicted molar refractivity (Wildman–Crippen MR) is 110 cm³/mol. The number of benzene rings is 2. The molecule has 6 nitrogen and oxygen atoms in total. The Morgan fingerprint density at radius 2 is 1.82 bits per heavy atom. The Morgan fingerprint density at radius 3 is 2.71 bits per heavy atom. The summed E-state index contributed by atoms with van der Waals surface area (Å²) in [4.78, 5) is 17.5. The van der Waals surface area contributed by atoms with E-state index in [4.69, 9.17) is 0 Å². The van der Waals surface area contributed by atoms with Crippen LogP contribution < -0.4 is 5.32 Å². The molecule has 5 aromatic rings. The number of imidazole rings is 1. The monoisotopic (exact) mass is 366 g/mol. The highest BCUT2D eigenvalue weighted by Crippen LogP contribution is 2.28. The maximum Gasteiger partial charge on any atom is 0.156 e. The smallest absolute Gasteiger partial charge is 0.156 e. The van der Waals surface area contributed by atoms with Gasteiger partial charge in [-0.05, 0) is 30.2 Å². The zero-order valence-corrected chi connectivity index (χ0v) is 15.3. The minimum absolute atomic E-state index is 0.131. The van der Waals surface area contributed by atoms with Crippen LogP contribution in [0.2, 0.25) is 0 Å². The molecule has 28 heavy (non-hydrogen) atoms. The molecule has 0 saturated heterocycles. The highest BCUT2D eigenvalue weighted by atomic mass is 15.0. The van der Waals surface area contributed by atoms with Crippen molar-refractivity contribution in [1.82, 2.24) is 24.3 Å². The topological polar surface area (TPSA) is 68.0 Å². The number of fused-ring (bicyclic) bond motifs is 2. The summed E-state index contributed by atoms with van der Waals surface area (Å²) in [5.41, 5.74) is 5.00. The van der Waals surface area contributed by atoms with E-state index in [1.165, 1.54) is 5.56 Å². The number of aromatic nitrogens is 5. The fourth-order valence-electron chi connectivity index (χ4n) is 3.35. The molecule has 0 aliphatic heterocycles. The average Bonchev–Trinajstić information content (AvgIpc) is 3.22. The molecule has 0 spiro atoms. The standard InChI is InChI=1S/C22H18N6/c1-15(16-5-3-2-4-6-16)27-22-19-9-17(7-8-20(19)25-13-26-22)18-10-24-21-11-23-14-28(21)12-18/h2-15H,1H3,(H,25,26,27). The molecule has 6 heteroatoms. The summed E-state index contributed by atoms with van der Waals surface area (Å²) >= 11 is 0. The van der Waals surface area contributed by atoms with Gasteiger partial charge in [0.15, 0.2) is 5.65 Å². The maximum absolute atomic E-state index is 4.50. The summed E-state index contributed by atoms with van der Waals surface area (Å²) in [5.74, 6) is 0.819. The SMILES string of the molecule is CC(Nc1ncnc2ccc(-c3cnc4cncn4c3)cc12)c1ccccc1. The molecule has 0 fully saturated rings. The fraction of sp³-hybridized carbons (Fsp3) is 0.0909. The molecule has 0 radical (unpaired) electrons. The summed E-state index contributed by atoms with van der Waals surface area (Å²) in [6.07, 6.45) is 8.98. The quantitative estimate of drug-likeness (QED) is 0.507. The molecule has 5 rings (SSSR count). The van der Waals surface area contributed by atoms with E-state index in [9.17, 15) is 0 Å². The first-order valence-electron chi connectivity index (χ1n) is 9.12. The largest absolute Gasteiger partial charge is 0.363 e. The van der Waals surface area contributed by atoms with Crippen LogP contribution in [0.4, 0.5) is 5.82 Å². The third kappa shape index (κ3) is 2.95. The Morgan fingerprint density at radius 1 is 0.929 bits per heavy atom. The van der Waals surface area contributed by atoms with Crippen molar-refractivity contribution in [1.29, 1.82) is 0 Å². The van der Waals surface area contributed by atoms with Crippen LogP contribution >= 0.6 is 0 Å². The highest BCUT2D eigenvalue weighted by Gasteiger charge is 2.11. The van der Waals surface area contributed by atoms with Crippen molar-refractivity contribution >= 4 is 22.4 Å². The molecular formula is C22H18N6. The van der Waals surface area contributed by atoms with E-state index in [1.807, 2.05) is 41.1 Å². The van der Waals surface area contributed by atoms with E-state index in [2.05, 4.69) is 56.4 Å². The van der Waals surface area contributed by atoms with Crippen LogP contribution in [0.25, 0.3) is 27.7 Å². The van der Waals surface area contributed by atoms with Crippen LogP contribution in [0.15, 0.2) is 79.8 Å². The van der Waals surface area contributed by atoms with Crippen LogP contribution in [-0.2, 0) is 0 Å². The first-order chi connectivity index (χ1) is 13.8. The zero-order chi connectivity index (χ0) is 18.9. The van der Waals surface area contributed by atoms with Crippen LogP contribution in [0.5, 0.6) is 0 Å². The molecule has 3 heterocycles. The molecule has 2 aromatic carbocycles. The molecule has 0 aliphatic carbocycles. The molecule has 1 unspecified atom stereocenters. The number of nitrogens with zero attached hydrogens (tertiary/aromatic N) is 5. The molecule has 1 N–H and O–H groups in total. The van der Waals surface area contributed by atoms with Crippen LogP contribution in [0.3, 0.4) is 0 Å². The van der Waals surface area contributed by atoms with Gasteiger partial charge in [-0.15, -0.1) is 0 Å². The Hall–Kier alpha value is -3.80. The Labute approximate surface area is 162 Å². The lowest BCUT2D eigenvalue weighted by Crippen LogP contribution is -2.08. The van der Waals surface area contributed by atoms with E-state index in [1.54, 1.807) is 18.9 Å². The first kappa shape index (κ1) is 16.4. The van der Waals surface area contributed by atoms with Gasteiger partial charge in [-0.2, -0.15) is 0 Å². The highest BCUT2D eigenvalue weighted by molar-refractivity contribution is 5.92. The van der Waals surface area contributed by atoms with Gasteiger partial charge in [0, 0.05) is 29.4 Å². The summed E-state index contributed by atoms with van der Waals surface area (Å²) < 4.78 is 1.91. The minimum Gasteiger partial charge on any atom is -0.363 e. The minimum atomic E-state index is 0.131. The first-order valence-corrected chi connectivity index (χ1v) is 9.12. The normalized spacial score (nSPS) is 12.3. The number of rotatable bonds is 4. The third-order valence-electron chi connectivity index (χ3n) is 4.88. The molecule has 136 valence electrons. The maximum atomic E-state index is 4.50. The van der Waals surface area contributed by atoms with Gasteiger partial charge in [-0.1, -0.05) is 36.4 Å². The van der Waals surface area contributed by atoms with Crippen molar-refractivity contribution in [2.75, 3.05) is 5.32 Å². The molecule has 0 bridgehead atoms. The van der Waals surface area contributed by atoms with E-state index in [0.29, 0.717) is 0 Å². The van der Waals surface area contributed by atoms with Crippen LogP contribution in [0.1, 0.15) is 18.5 Å². The van der Waals surface area contributed by atoms with Crippen molar-refractivity contribution in [2.45, 2.75) is 13.0 Å². The second kappa shape index (κ2) is 6.74.